The first-order chi connectivity index (χ1) is 29.6. The minimum absolute atomic E-state index is 0.0979. The maximum Gasteiger partial charge on any atom is 0.306 e. The van der Waals surface area contributed by atoms with E-state index < -0.39 is 6.10 Å². The largest absolute Gasteiger partial charge is 0.462 e. The maximum absolute atomic E-state index is 12.8. The lowest BCUT2D eigenvalue weighted by Gasteiger charge is -2.18. The van der Waals surface area contributed by atoms with Gasteiger partial charge in [0.25, 0.3) is 0 Å². The van der Waals surface area contributed by atoms with Gasteiger partial charge in [-0.1, -0.05) is 284 Å². The molecule has 1 atom stereocenters. The standard InChI is InChI=1S/C55H108O5/c1-4-7-10-13-16-19-22-24-26-27-28-29-30-31-34-36-39-42-45-48-54(56)59-52-53(60-55(57)49-46-43-40-37-33-21-18-15-12-9-6-3)51-58-50-47-44-41-38-35-32-25-23-20-17-14-11-8-5-2/h53H,4-52H2,1-3H3. The predicted octanol–water partition coefficient (Wildman–Crippen LogP) is 18.5. The van der Waals surface area contributed by atoms with E-state index in [1.54, 1.807) is 0 Å². The number of hydrogen-bond donors (Lipinski definition) is 0. The maximum atomic E-state index is 12.8. The van der Waals surface area contributed by atoms with Gasteiger partial charge in [0.2, 0.25) is 0 Å². The van der Waals surface area contributed by atoms with Gasteiger partial charge >= 0.3 is 11.9 Å². The first-order valence-electron chi connectivity index (χ1n) is 27.6. The van der Waals surface area contributed by atoms with Crippen molar-refractivity contribution in [3.05, 3.63) is 0 Å². The second-order valence-corrected chi connectivity index (χ2v) is 18.9. The average molecular weight is 849 g/mol. The van der Waals surface area contributed by atoms with Crippen LogP contribution in [0.5, 0.6) is 0 Å². The Morgan fingerprint density at radius 1 is 0.300 bits per heavy atom. The summed E-state index contributed by atoms with van der Waals surface area (Å²) in [6.45, 7) is 7.91. The highest BCUT2D eigenvalue weighted by Crippen LogP contribution is 2.17. The molecule has 0 aliphatic rings. The van der Waals surface area contributed by atoms with Gasteiger partial charge in [0.1, 0.15) is 6.61 Å². The summed E-state index contributed by atoms with van der Waals surface area (Å²) in [5.74, 6) is -0.369. The first-order valence-corrected chi connectivity index (χ1v) is 27.6. The van der Waals surface area contributed by atoms with Crippen molar-refractivity contribution in [2.24, 2.45) is 0 Å². The zero-order valence-corrected chi connectivity index (χ0v) is 41.3. The molecule has 0 bridgehead atoms. The lowest BCUT2D eigenvalue weighted by atomic mass is 10.0. The number of ether oxygens (including phenoxy) is 3. The minimum atomic E-state index is -0.522. The van der Waals surface area contributed by atoms with Gasteiger partial charge in [-0.25, -0.2) is 0 Å². The van der Waals surface area contributed by atoms with Crippen molar-refractivity contribution >= 4 is 11.9 Å². The fraction of sp³-hybridized carbons (Fsp3) is 0.964. The highest BCUT2D eigenvalue weighted by atomic mass is 16.6. The van der Waals surface area contributed by atoms with Gasteiger partial charge in [0.05, 0.1) is 6.61 Å². The van der Waals surface area contributed by atoms with E-state index in [1.807, 2.05) is 0 Å². The van der Waals surface area contributed by atoms with Crippen molar-refractivity contribution in [1.82, 2.24) is 0 Å². The molecule has 0 aliphatic heterocycles. The third-order valence-electron chi connectivity index (χ3n) is 12.6. The third-order valence-corrected chi connectivity index (χ3v) is 12.6. The smallest absolute Gasteiger partial charge is 0.306 e. The molecule has 0 fully saturated rings. The highest BCUT2D eigenvalue weighted by molar-refractivity contribution is 5.70. The van der Waals surface area contributed by atoms with Crippen LogP contribution in [0.15, 0.2) is 0 Å². The van der Waals surface area contributed by atoms with Gasteiger partial charge < -0.3 is 14.2 Å². The van der Waals surface area contributed by atoms with E-state index in [-0.39, 0.29) is 18.5 Å². The Labute approximate surface area is 376 Å². The normalized spacial score (nSPS) is 12.0. The van der Waals surface area contributed by atoms with Crippen molar-refractivity contribution in [3.8, 4) is 0 Å². The molecule has 0 aliphatic carbocycles. The molecule has 0 heterocycles. The Morgan fingerprint density at radius 3 is 0.850 bits per heavy atom. The lowest BCUT2D eigenvalue weighted by Crippen LogP contribution is -2.30. The molecule has 0 spiro atoms. The second kappa shape index (κ2) is 52.2. The predicted molar refractivity (Wildman–Crippen MR) is 261 cm³/mol. The van der Waals surface area contributed by atoms with Gasteiger partial charge in [-0.15, -0.1) is 0 Å². The minimum Gasteiger partial charge on any atom is -0.462 e. The fourth-order valence-electron chi connectivity index (χ4n) is 8.51. The summed E-state index contributed by atoms with van der Waals surface area (Å²) in [4.78, 5) is 25.4. The molecule has 0 saturated carbocycles. The lowest BCUT2D eigenvalue weighted by molar-refractivity contribution is -0.163. The molecule has 5 heteroatoms. The zero-order chi connectivity index (χ0) is 43.5. The fourth-order valence-corrected chi connectivity index (χ4v) is 8.51. The molecule has 1 unspecified atom stereocenters. The number of rotatable bonds is 52. The Balaban J connectivity index is 4.11. The Hall–Kier alpha value is -1.10. The van der Waals surface area contributed by atoms with Crippen molar-refractivity contribution in [3.63, 3.8) is 0 Å². The van der Waals surface area contributed by atoms with Gasteiger partial charge in [-0.05, 0) is 19.3 Å². The summed E-state index contributed by atoms with van der Waals surface area (Å²) in [5.41, 5.74) is 0. The van der Waals surface area contributed by atoms with E-state index in [2.05, 4.69) is 20.8 Å². The van der Waals surface area contributed by atoms with Crippen LogP contribution in [-0.4, -0.2) is 37.9 Å². The summed E-state index contributed by atoms with van der Waals surface area (Å²) in [5, 5.41) is 0. The molecule has 5 nitrogen and oxygen atoms in total. The van der Waals surface area contributed by atoms with E-state index in [4.69, 9.17) is 14.2 Å². The molecule has 0 radical (unpaired) electrons. The second-order valence-electron chi connectivity index (χ2n) is 18.9. The topological polar surface area (TPSA) is 61.8 Å². The number of unbranched alkanes of at least 4 members (excludes halogenated alkanes) is 41. The van der Waals surface area contributed by atoms with E-state index in [1.165, 1.54) is 250 Å². The number of esters is 2. The summed E-state index contributed by atoms with van der Waals surface area (Å²) in [6.07, 6.45) is 58.3. The number of carbonyl (C=O) groups is 2. The van der Waals surface area contributed by atoms with Crippen molar-refractivity contribution in [2.45, 2.75) is 322 Å². The van der Waals surface area contributed by atoms with Crippen LogP contribution in [0.4, 0.5) is 0 Å². The Morgan fingerprint density at radius 2 is 0.550 bits per heavy atom. The summed E-state index contributed by atoms with van der Waals surface area (Å²) >= 11 is 0. The van der Waals surface area contributed by atoms with Crippen LogP contribution in [-0.2, 0) is 23.8 Å². The van der Waals surface area contributed by atoms with Crippen LogP contribution in [0.1, 0.15) is 316 Å². The molecule has 0 N–H and O–H groups in total. The molecule has 0 rings (SSSR count). The third kappa shape index (κ3) is 49.6. The van der Waals surface area contributed by atoms with E-state index in [0.29, 0.717) is 26.1 Å². The molecule has 0 aromatic rings. The van der Waals surface area contributed by atoms with Crippen molar-refractivity contribution in [2.75, 3.05) is 19.8 Å². The Bertz CT molecular complexity index is 830. The summed E-state index contributed by atoms with van der Waals surface area (Å²) < 4.78 is 17.4. The van der Waals surface area contributed by atoms with Crippen LogP contribution >= 0.6 is 0 Å². The van der Waals surface area contributed by atoms with Crippen LogP contribution in [0.25, 0.3) is 0 Å². The molecule has 0 saturated heterocycles. The first kappa shape index (κ1) is 58.9. The van der Waals surface area contributed by atoms with Gasteiger partial charge in [0, 0.05) is 19.4 Å². The quantitative estimate of drug-likeness (QED) is 0.0451. The van der Waals surface area contributed by atoms with Gasteiger partial charge in [-0.3, -0.25) is 9.59 Å². The molecule has 0 amide bonds. The van der Waals surface area contributed by atoms with E-state index >= 15 is 0 Å². The molecule has 60 heavy (non-hydrogen) atoms. The highest BCUT2D eigenvalue weighted by Gasteiger charge is 2.17. The van der Waals surface area contributed by atoms with Crippen LogP contribution in [0.2, 0.25) is 0 Å². The van der Waals surface area contributed by atoms with Gasteiger partial charge in [0.15, 0.2) is 6.10 Å². The number of hydrogen-bond acceptors (Lipinski definition) is 5. The summed E-state index contributed by atoms with van der Waals surface area (Å²) in [7, 11) is 0. The van der Waals surface area contributed by atoms with Crippen LogP contribution < -0.4 is 0 Å². The molecular formula is C55H108O5. The van der Waals surface area contributed by atoms with Gasteiger partial charge in [-0.2, -0.15) is 0 Å². The molecular weight excluding hydrogens is 741 g/mol. The average Bonchev–Trinajstić information content (AvgIpc) is 3.25. The molecule has 0 aromatic carbocycles. The van der Waals surface area contributed by atoms with Crippen LogP contribution in [0, 0.1) is 0 Å². The van der Waals surface area contributed by atoms with Crippen molar-refractivity contribution < 1.29 is 23.8 Å². The molecule has 0 aromatic heterocycles. The number of carbonyl (C=O) groups excluding carboxylic acids is 2. The van der Waals surface area contributed by atoms with Crippen molar-refractivity contribution in [1.29, 1.82) is 0 Å². The van der Waals surface area contributed by atoms with E-state index in [9.17, 15) is 9.59 Å². The summed E-state index contributed by atoms with van der Waals surface area (Å²) in [6, 6.07) is 0. The zero-order valence-electron chi connectivity index (χ0n) is 41.3. The Kier molecular flexibility index (Phi) is 51.3. The SMILES string of the molecule is CCCCCCCCCCCCCCCCCCCCCC(=O)OCC(COCCCCCCCCCCCCCCCC)OC(=O)CCCCCCCCCCCCC. The van der Waals surface area contributed by atoms with Crippen LogP contribution in [0.3, 0.4) is 0 Å². The monoisotopic (exact) mass is 849 g/mol. The molecule has 358 valence electrons. The van der Waals surface area contributed by atoms with E-state index in [0.717, 1.165) is 32.1 Å².